The fourth-order valence-corrected chi connectivity index (χ4v) is 3.25. The van der Waals surface area contributed by atoms with Crippen molar-refractivity contribution in [2.75, 3.05) is 0 Å². The number of nitrogens with one attached hydrogen (secondary N) is 1. The molecule has 1 aromatic heterocycles. The number of rotatable bonds is 1. The van der Waals surface area contributed by atoms with Crippen LogP contribution >= 0.6 is 15.9 Å². The second-order valence-corrected chi connectivity index (χ2v) is 6.19. The van der Waals surface area contributed by atoms with Gasteiger partial charge in [0.2, 0.25) is 0 Å². The van der Waals surface area contributed by atoms with E-state index in [0.29, 0.717) is 10.4 Å². The van der Waals surface area contributed by atoms with Gasteiger partial charge in [-0.25, -0.2) is 9.37 Å². The molecule has 0 bridgehead atoms. The fraction of sp³-hybridized carbons (Fsp3) is 0.500. The molecule has 0 radical (unpaired) electrons. The summed E-state index contributed by atoms with van der Waals surface area (Å²) in [7, 11) is 0. The smallest absolute Gasteiger partial charge is 0.139 e. The van der Waals surface area contributed by atoms with Crippen LogP contribution in [0.4, 0.5) is 4.39 Å². The van der Waals surface area contributed by atoms with E-state index in [9.17, 15) is 4.39 Å². The number of hydrogen-bond donors (Lipinski definition) is 1. The minimum Gasteiger partial charge on any atom is -0.374 e. The summed E-state index contributed by atoms with van der Waals surface area (Å²) in [6, 6.07) is 3.18. The maximum atomic E-state index is 13.5. The lowest BCUT2D eigenvalue weighted by molar-refractivity contribution is 0.0554. The molecule has 1 aromatic carbocycles. The van der Waals surface area contributed by atoms with Crippen LogP contribution in [0.2, 0.25) is 0 Å². The van der Waals surface area contributed by atoms with Gasteiger partial charge in [-0.3, -0.25) is 0 Å². The molecular weight excluding hydrogens is 311 g/mol. The van der Waals surface area contributed by atoms with Crippen molar-refractivity contribution < 1.29 is 9.13 Å². The second-order valence-electron chi connectivity index (χ2n) is 5.34. The van der Waals surface area contributed by atoms with Gasteiger partial charge in [-0.05, 0) is 41.8 Å². The Morgan fingerprint density at radius 1 is 1.26 bits per heavy atom. The van der Waals surface area contributed by atoms with Gasteiger partial charge in [-0.2, -0.15) is 0 Å². The van der Waals surface area contributed by atoms with Crippen molar-refractivity contribution in [3.8, 4) is 0 Å². The third kappa shape index (κ3) is 2.09. The molecule has 0 spiro atoms. The van der Waals surface area contributed by atoms with Gasteiger partial charge in [-0.15, -0.1) is 0 Å². The monoisotopic (exact) mass is 326 g/mol. The summed E-state index contributed by atoms with van der Waals surface area (Å²) in [5.41, 5.74) is 1.51. The third-order valence-electron chi connectivity index (χ3n) is 4.10. The molecule has 3 rings (SSSR count). The minimum atomic E-state index is -0.278. The standard InChI is InChI=1S/C14H16BrFN2O/c1-6-7(2)19-8(3)13(6)14-17-11-4-9(15)10(16)5-12(11)18-14/h4-8,13H,1-3H3,(H,17,18). The molecule has 1 aliphatic heterocycles. The number of fused-ring (bicyclic) bond motifs is 1. The Bertz CT molecular complexity index is 588. The largest absolute Gasteiger partial charge is 0.374 e. The lowest BCUT2D eigenvalue weighted by Crippen LogP contribution is -2.16. The lowest BCUT2D eigenvalue weighted by atomic mass is 9.89. The Kier molecular flexibility index (Phi) is 3.14. The maximum Gasteiger partial charge on any atom is 0.139 e. The first-order valence-electron chi connectivity index (χ1n) is 6.47. The van der Waals surface area contributed by atoms with Crippen molar-refractivity contribution in [3.05, 3.63) is 28.2 Å². The quantitative estimate of drug-likeness (QED) is 0.860. The number of imidazole rings is 1. The van der Waals surface area contributed by atoms with Crippen molar-refractivity contribution in [2.24, 2.45) is 5.92 Å². The molecular formula is C14H16BrFN2O. The third-order valence-corrected chi connectivity index (χ3v) is 4.71. The first kappa shape index (κ1) is 13.1. The van der Waals surface area contributed by atoms with Gasteiger partial charge in [0, 0.05) is 12.0 Å². The molecule has 1 aliphatic rings. The molecule has 0 saturated carbocycles. The molecule has 0 amide bonds. The lowest BCUT2D eigenvalue weighted by Gasteiger charge is -2.15. The second kappa shape index (κ2) is 4.56. The molecule has 2 aromatic rings. The van der Waals surface area contributed by atoms with E-state index in [1.165, 1.54) is 6.07 Å². The number of H-pyrrole nitrogens is 1. The zero-order valence-electron chi connectivity index (χ0n) is 11.1. The van der Waals surface area contributed by atoms with Crippen LogP contribution in [0.25, 0.3) is 11.0 Å². The van der Waals surface area contributed by atoms with Crippen LogP contribution in [0.15, 0.2) is 16.6 Å². The first-order chi connectivity index (χ1) is 8.97. The summed E-state index contributed by atoms with van der Waals surface area (Å²) in [5.74, 6) is 1.23. The molecule has 19 heavy (non-hydrogen) atoms. The van der Waals surface area contributed by atoms with Crippen LogP contribution in [0.3, 0.4) is 0 Å². The predicted octanol–water partition coefficient (Wildman–Crippen LogP) is 3.99. The molecule has 2 heterocycles. The number of hydrogen-bond acceptors (Lipinski definition) is 2. The van der Waals surface area contributed by atoms with Gasteiger partial charge < -0.3 is 9.72 Å². The van der Waals surface area contributed by atoms with E-state index in [-0.39, 0.29) is 23.9 Å². The van der Waals surface area contributed by atoms with Gasteiger partial charge in [-0.1, -0.05) is 6.92 Å². The topological polar surface area (TPSA) is 37.9 Å². The number of nitrogens with zero attached hydrogens (tertiary/aromatic N) is 1. The van der Waals surface area contributed by atoms with E-state index in [2.05, 4.69) is 46.7 Å². The van der Waals surface area contributed by atoms with Gasteiger partial charge in [0.15, 0.2) is 0 Å². The van der Waals surface area contributed by atoms with Crippen LogP contribution in [0.1, 0.15) is 32.5 Å². The molecule has 3 nitrogen and oxygen atoms in total. The Morgan fingerprint density at radius 3 is 2.63 bits per heavy atom. The van der Waals surface area contributed by atoms with Crippen LogP contribution < -0.4 is 0 Å². The van der Waals surface area contributed by atoms with Crippen molar-refractivity contribution in [1.29, 1.82) is 0 Å². The zero-order chi connectivity index (χ0) is 13.7. The van der Waals surface area contributed by atoms with E-state index < -0.39 is 0 Å². The van der Waals surface area contributed by atoms with Crippen LogP contribution in [-0.4, -0.2) is 22.2 Å². The Balaban J connectivity index is 2.06. The number of halogens is 2. The summed E-state index contributed by atoms with van der Waals surface area (Å²) in [4.78, 5) is 7.83. The highest BCUT2D eigenvalue weighted by atomic mass is 79.9. The van der Waals surface area contributed by atoms with Crippen molar-refractivity contribution in [2.45, 2.75) is 38.9 Å². The molecule has 5 heteroatoms. The average Bonchev–Trinajstić information content (AvgIpc) is 2.82. The van der Waals surface area contributed by atoms with E-state index >= 15 is 0 Å². The number of aromatic nitrogens is 2. The maximum absolute atomic E-state index is 13.5. The molecule has 4 unspecified atom stereocenters. The minimum absolute atomic E-state index is 0.124. The zero-order valence-corrected chi connectivity index (χ0v) is 12.7. The Morgan fingerprint density at radius 2 is 2.00 bits per heavy atom. The van der Waals surface area contributed by atoms with Gasteiger partial charge in [0.1, 0.15) is 11.6 Å². The van der Waals surface area contributed by atoms with E-state index in [4.69, 9.17) is 4.74 Å². The first-order valence-corrected chi connectivity index (χ1v) is 7.27. The summed E-state index contributed by atoms with van der Waals surface area (Å²) in [5, 5.41) is 0. The number of benzene rings is 1. The van der Waals surface area contributed by atoms with Gasteiger partial charge in [0.05, 0.1) is 27.7 Å². The average molecular weight is 327 g/mol. The van der Waals surface area contributed by atoms with E-state index in [1.807, 2.05) is 0 Å². The SMILES string of the molecule is CC1OC(C)C(c2nc3cc(Br)c(F)cc3[nH]2)C1C. The molecule has 102 valence electrons. The van der Waals surface area contributed by atoms with Crippen molar-refractivity contribution >= 4 is 27.0 Å². The molecule has 1 saturated heterocycles. The highest BCUT2D eigenvalue weighted by Crippen LogP contribution is 2.39. The summed E-state index contributed by atoms with van der Waals surface area (Å²) in [6.07, 6.45) is 0.343. The van der Waals surface area contributed by atoms with Crippen LogP contribution in [-0.2, 0) is 4.74 Å². The predicted molar refractivity (Wildman–Crippen MR) is 75.7 cm³/mol. The Hall–Kier alpha value is -0.940. The summed E-state index contributed by atoms with van der Waals surface area (Å²) in [6.45, 7) is 6.32. The van der Waals surface area contributed by atoms with Gasteiger partial charge in [0.25, 0.3) is 0 Å². The fourth-order valence-electron chi connectivity index (χ4n) is 2.92. The number of aromatic amines is 1. The van der Waals surface area contributed by atoms with E-state index in [0.717, 1.165) is 16.9 Å². The highest BCUT2D eigenvalue weighted by Gasteiger charge is 2.39. The normalized spacial score (nSPS) is 31.2. The molecule has 1 fully saturated rings. The van der Waals surface area contributed by atoms with Crippen LogP contribution in [0, 0.1) is 11.7 Å². The molecule has 0 aliphatic carbocycles. The molecule has 4 atom stereocenters. The summed E-state index contributed by atoms with van der Waals surface area (Å²) >= 11 is 3.19. The van der Waals surface area contributed by atoms with Crippen molar-refractivity contribution in [1.82, 2.24) is 9.97 Å². The van der Waals surface area contributed by atoms with Crippen LogP contribution in [0.5, 0.6) is 0 Å². The number of ether oxygens (including phenoxy) is 1. The van der Waals surface area contributed by atoms with E-state index in [1.54, 1.807) is 6.07 Å². The highest BCUT2D eigenvalue weighted by molar-refractivity contribution is 9.10. The van der Waals surface area contributed by atoms with Crippen molar-refractivity contribution in [3.63, 3.8) is 0 Å². The summed E-state index contributed by atoms with van der Waals surface area (Å²) < 4.78 is 19.8. The Labute approximate surface area is 119 Å². The molecule has 1 N–H and O–H groups in total. The van der Waals surface area contributed by atoms with Gasteiger partial charge >= 0.3 is 0 Å².